The molecule has 2 rings (SSSR count). The van der Waals surface area contributed by atoms with Gasteiger partial charge in [-0.3, -0.25) is 4.79 Å². The van der Waals surface area contributed by atoms with Gasteiger partial charge in [-0.1, -0.05) is 25.5 Å². The van der Waals surface area contributed by atoms with E-state index in [9.17, 15) is 9.90 Å². The van der Waals surface area contributed by atoms with Crippen molar-refractivity contribution in [2.45, 2.75) is 31.8 Å². The minimum Gasteiger partial charge on any atom is -0.508 e. The molecule has 2 N–H and O–H groups in total. The molecule has 1 fully saturated rings. The lowest BCUT2D eigenvalue weighted by Gasteiger charge is -2.46. The molecule has 1 heterocycles. The van der Waals surface area contributed by atoms with Gasteiger partial charge in [0.05, 0.1) is 25.1 Å². The Bertz CT molecular complexity index is 421. The van der Waals surface area contributed by atoms with Gasteiger partial charge < -0.3 is 15.1 Å². The molecule has 1 aromatic carbocycles. The highest BCUT2D eigenvalue weighted by Gasteiger charge is 2.42. The Morgan fingerprint density at radius 2 is 1.94 bits per heavy atom. The number of phenols is 1. The molecule has 1 aliphatic heterocycles. The third kappa shape index (κ3) is 2.82. The minimum absolute atomic E-state index is 0.0291. The lowest BCUT2D eigenvalue weighted by Crippen LogP contribution is -2.63. The number of benzene rings is 1. The van der Waals surface area contributed by atoms with Crippen LogP contribution in [0.3, 0.4) is 0 Å². The van der Waals surface area contributed by atoms with E-state index in [1.165, 1.54) is 0 Å². The molecule has 0 unspecified atom stereocenters. The second kappa shape index (κ2) is 4.98. The van der Waals surface area contributed by atoms with Crippen LogP contribution in [0.15, 0.2) is 24.3 Å². The molecule has 1 saturated heterocycles. The quantitative estimate of drug-likeness (QED) is 0.845. The molecule has 0 radical (unpaired) electrons. The summed E-state index contributed by atoms with van der Waals surface area (Å²) in [7, 11) is 0. The van der Waals surface area contributed by atoms with E-state index in [1.54, 1.807) is 29.2 Å². The number of β-amino-alcohol motifs (C(OH)–C–C–N with tert-alkyl or cyclic N) is 1. The van der Waals surface area contributed by atoms with E-state index in [0.29, 0.717) is 19.5 Å². The van der Waals surface area contributed by atoms with Crippen molar-refractivity contribution in [2.24, 2.45) is 0 Å². The first-order chi connectivity index (χ1) is 8.52. The predicted octanol–water partition coefficient (Wildman–Crippen LogP) is 1.31. The first-order valence-electron chi connectivity index (χ1n) is 6.30. The average molecular weight is 249 g/mol. The van der Waals surface area contributed by atoms with Gasteiger partial charge >= 0.3 is 0 Å². The number of hydrogen-bond acceptors (Lipinski definition) is 3. The largest absolute Gasteiger partial charge is 0.508 e. The van der Waals surface area contributed by atoms with Crippen molar-refractivity contribution in [3.05, 3.63) is 29.8 Å². The molecule has 0 aromatic heterocycles. The number of amides is 1. The lowest BCUT2D eigenvalue weighted by molar-refractivity contribution is -0.155. The van der Waals surface area contributed by atoms with Crippen molar-refractivity contribution >= 4 is 5.91 Å². The molecule has 1 aliphatic rings. The van der Waals surface area contributed by atoms with Crippen LogP contribution in [0.1, 0.15) is 25.3 Å². The zero-order valence-electron chi connectivity index (χ0n) is 10.6. The van der Waals surface area contributed by atoms with Crippen LogP contribution >= 0.6 is 0 Å². The van der Waals surface area contributed by atoms with Crippen LogP contribution < -0.4 is 0 Å². The fourth-order valence-electron chi connectivity index (χ4n) is 2.36. The predicted molar refractivity (Wildman–Crippen MR) is 68.2 cm³/mol. The molecule has 4 nitrogen and oxygen atoms in total. The molecule has 0 saturated carbocycles. The second-order valence-electron chi connectivity index (χ2n) is 5.07. The molecular formula is C14H19NO3. The van der Waals surface area contributed by atoms with E-state index in [0.717, 1.165) is 18.4 Å². The zero-order valence-corrected chi connectivity index (χ0v) is 10.6. The number of carbonyl (C=O) groups is 1. The van der Waals surface area contributed by atoms with Gasteiger partial charge in [-0.05, 0) is 24.1 Å². The molecule has 0 bridgehead atoms. The fraction of sp³-hybridized carbons (Fsp3) is 0.500. The third-order valence-corrected chi connectivity index (χ3v) is 3.33. The molecule has 4 heteroatoms. The zero-order chi connectivity index (χ0) is 13.2. The summed E-state index contributed by atoms with van der Waals surface area (Å²) < 4.78 is 0. The topological polar surface area (TPSA) is 60.8 Å². The van der Waals surface area contributed by atoms with E-state index in [-0.39, 0.29) is 11.7 Å². The number of aromatic hydroxyl groups is 1. The Balaban J connectivity index is 1.85. The summed E-state index contributed by atoms with van der Waals surface area (Å²) >= 11 is 0. The van der Waals surface area contributed by atoms with Gasteiger partial charge in [-0.25, -0.2) is 0 Å². The average Bonchev–Trinajstić information content (AvgIpc) is 2.29. The van der Waals surface area contributed by atoms with Crippen molar-refractivity contribution in [2.75, 3.05) is 13.1 Å². The minimum atomic E-state index is -0.667. The highest BCUT2D eigenvalue weighted by molar-refractivity contribution is 5.79. The standard InChI is InChI=1S/C14H19NO3/c1-2-7-14(18)9-15(10-14)13(17)8-11-3-5-12(16)6-4-11/h3-6,16,18H,2,7-10H2,1H3. The van der Waals surface area contributed by atoms with Gasteiger partial charge in [0.25, 0.3) is 0 Å². The number of rotatable bonds is 4. The third-order valence-electron chi connectivity index (χ3n) is 3.33. The van der Waals surface area contributed by atoms with Gasteiger partial charge in [0.15, 0.2) is 0 Å². The Morgan fingerprint density at radius 1 is 1.33 bits per heavy atom. The van der Waals surface area contributed by atoms with Gasteiger partial charge in [-0.2, -0.15) is 0 Å². The monoisotopic (exact) mass is 249 g/mol. The Labute approximate surface area is 107 Å². The number of carbonyl (C=O) groups excluding carboxylic acids is 1. The summed E-state index contributed by atoms with van der Waals surface area (Å²) in [6.45, 7) is 2.91. The van der Waals surface area contributed by atoms with E-state index in [1.807, 2.05) is 6.92 Å². The highest BCUT2D eigenvalue weighted by atomic mass is 16.3. The molecule has 1 aromatic rings. The Kier molecular flexibility index (Phi) is 3.57. The molecule has 98 valence electrons. The summed E-state index contributed by atoms with van der Waals surface area (Å²) in [6, 6.07) is 6.63. The first-order valence-corrected chi connectivity index (χ1v) is 6.30. The second-order valence-corrected chi connectivity index (χ2v) is 5.07. The van der Waals surface area contributed by atoms with Crippen LogP contribution in [0.2, 0.25) is 0 Å². The van der Waals surface area contributed by atoms with Crippen molar-refractivity contribution in [1.29, 1.82) is 0 Å². The van der Waals surface area contributed by atoms with Crippen LogP contribution in [-0.2, 0) is 11.2 Å². The number of phenolic OH excluding ortho intramolecular Hbond substituents is 1. The molecule has 18 heavy (non-hydrogen) atoms. The SMILES string of the molecule is CCCC1(O)CN(C(=O)Cc2ccc(O)cc2)C1. The van der Waals surface area contributed by atoms with Gasteiger partial charge in [0.1, 0.15) is 5.75 Å². The van der Waals surface area contributed by atoms with Crippen LogP contribution in [0.25, 0.3) is 0 Å². The smallest absolute Gasteiger partial charge is 0.227 e. The van der Waals surface area contributed by atoms with Crippen LogP contribution in [0.4, 0.5) is 0 Å². The van der Waals surface area contributed by atoms with E-state index >= 15 is 0 Å². The van der Waals surface area contributed by atoms with Crippen LogP contribution in [0, 0.1) is 0 Å². The maximum atomic E-state index is 11.9. The normalized spacial score (nSPS) is 17.3. The van der Waals surface area contributed by atoms with Gasteiger partial charge in [0.2, 0.25) is 5.91 Å². The van der Waals surface area contributed by atoms with Crippen molar-refractivity contribution in [1.82, 2.24) is 4.90 Å². The fourth-order valence-corrected chi connectivity index (χ4v) is 2.36. The van der Waals surface area contributed by atoms with Crippen molar-refractivity contribution in [3.63, 3.8) is 0 Å². The summed E-state index contributed by atoms with van der Waals surface area (Å²) in [6.07, 6.45) is 2.00. The molecule has 1 amide bonds. The van der Waals surface area contributed by atoms with Crippen LogP contribution in [0.5, 0.6) is 5.75 Å². The number of nitrogens with zero attached hydrogens (tertiary/aromatic N) is 1. The summed E-state index contributed by atoms with van der Waals surface area (Å²) in [5, 5.41) is 19.2. The van der Waals surface area contributed by atoms with Crippen molar-refractivity contribution in [3.8, 4) is 5.75 Å². The highest BCUT2D eigenvalue weighted by Crippen LogP contribution is 2.26. The van der Waals surface area contributed by atoms with Crippen LogP contribution in [-0.4, -0.2) is 39.7 Å². The van der Waals surface area contributed by atoms with E-state index in [4.69, 9.17) is 5.11 Å². The molecule has 0 atom stereocenters. The molecule has 0 spiro atoms. The molecular weight excluding hydrogens is 230 g/mol. The lowest BCUT2D eigenvalue weighted by atomic mass is 9.89. The number of hydrogen-bond donors (Lipinski definition) is 2. The van der Waals surface area contributed by atoms with Gasteiger partial charge in [-0.15, -0.1) is 0 Å². The van der Waals surface area contributed by atoms with E-state index < -0.39 is 5.60 Å². The maximum Gasteiger partial charge on any atom is 0.227 e. The van der Waals surface area contributed by atoms with E-state index in [2.05, 4.69) is 0 Å². The maximum absolute atomic E-state index is 11.9. The van der Waals surface area contributed by atoms with Crippen molar-refractivity contribution < 1.29 is 15.0 Å². The Morgan fingerprint density at radius 3 is 2.50 bits per heavy atom. The molecule has 0 aliphatic carbocycles. The summed E-state index contributed by atoms with van der Waals surface area (Å²) in [4.78, 5) is 13.6. The summed E-state index contributed by atoms with van der Waals surface area (Å²) in [5.41, 5.74) is 0.211. The van der Waals surface area contributed by atoms with Gasteiger partial charge in [0, 0.05) is 0 Å². The Hall–Kier alpha value is -1.55. The number of aliphatic hydroxyl groups is 1. The summed E-state index contributed by atoms with van der Waals surface area (Å²) in [5.74, 6) is 0.230. The number of likely N-dealkylation sites (tertiary alicyclic amines) is 1. The first kappa shape index (κ1) is 12.9.